The summed E-state index contributed by atoms with van der Waals surface area (Å²) < 4.78 is 1.59. The molecule has 0 aromatic carbocycles. The van der Waals surface area contributed by atoms with Gasteiger partial charge in [-0.3, -0.25) is 14.1 Å². The van der Waals surface area contributed by atoms with Gasteiger partial charge in [0, 0.05) is 30.7 Å². The Balaban J connectivity index is 0.00000147. The number of hydrogen-bond acceptors (Lipinski definition) is 5. The lowest BCUT2D eigenvalue weighted by molar-refractivity contribution is 0.169. The first kappa shape index (κ1) is 15.4. The van der Waals surface area contributed by atoms with Gasteiger partial charge in [0.2, 0.25) is 0 Å². The van der Waals surface area contributed by atoms with Gasteiger partial charge >= 0.3 is 0 Å². The van der Waals surface area contributed by atoms with Crippen LogP contribution in [0.1, 0.15) is 18.5 Å². The van der Waals surface area contributed by atoms with Crippen LogP contribution in [-0.4, -0.2) is 33.9 Å². The van der Waals surface area contributed by atoms with Crippen LogP contribution in [0.15, 0.2) is 22.4 Å². The molecule has 0 amide bonds. The van der Waals surface area contributed by atoms with Crippen molar-refractivity contribution >= 4 is 28.7 Å². The summed E-state index contributed by atoms with van der Waals surface area (Å²) in [6.45, 7) is 3.58. The molecule has 3 heterocycles. The molecule has 3 rings (SSSR count). The lowest BCUT2D eigenvalue weighted by Crippen LogP contribution is -2.38. The first-order chi connectivity index (χ1) is 9.26. The number of nitrogens with zero attached hydrogens (tertiary/aromatic N) is 3. The second kappa shape index (κ2) is 6.67. The summed E-state index contributed by atoms with van der Waals surface area (Å²) >= 11 is 1.50. The van der Waals surface area contributed by atoms with Crippen molar-refractivity contribution in [2.45, 2.75) is 19.4 Å². The van der Waals surface area contributed by atoms with Gasteiger partial charge in [0.25, 0.3) is 5.56 Å². The average molecular weight is 315 g/mol. The zero-order valence-corrected chi connectivity index (χ0v) is 12.8. The Morgan fingerprint density at radius 2 is 2.35 bits per heavy atom. The Labute approximate surface area is 127 Å². The third-order valence-electron chi connectivity index (χ3n) is 3.68. The highest BCUT2D eigenvalue weighted by molar-refractivity contribution is 7.15. The fourth-order valence-corrected chi connectivity index (χ4v) is 3.42. The van der Waals surface area contributed by atoms with E-state index in [2.05, 4.69) is 9.88 Å². The lowest BCUT2D eigenvalue weighted by Gasteiger charge is -2.31. The van der Waals surface area contributed by atoms with E-state index in [1.807, 2.05) is 5.38 Å². The average Bonchev–Trinajstić information content (AvgIpc) is 2.88. The number of halogens is 1. The maximum atomic E-state index is 11.9. The summed E-state index contributed by atoms with van der Waals surface area (Å²) in [5.74, 6) is 0.584. The molecule has 0 spiro atoms. The molecule has 5 nitrogen and oxygen atoms in total. The third kappa shape index (κ3) is 3.20. The summed E-state index contributed by atoms with van der Waals surface area (Å²) in [5, 5.41) is 1.89. The molecule has 1 aliphatic rings. The number of piperidine rings is 1. The smallest absolute Gasteiger partial charge is 0.258 e. The van der Waals surface area contributed by atoms with Gasteiger partial charge in [-0.05, 0) is 31.8 Å². The van der Waals surface area contributed by atoms with Crippen LogP contribution < -0.4 is 11.3 Å². The maximum Gasteiger partial charge on any atom is 0.258 e. The van der Waals surface area contributed by atoms with E-state index >= 15 is 0 Å². The topological polar surface area (TPSA) is 63.6 Å². The number of fused-ring (bicyclic) bond motifs is 1. The summed E-state index contributed by atoms with van der Waals surface area (Å²) in [5.41, 5.74) is 6.62. The van der Waals surface area contributed by atoms with Gasteiger partial charge in [-0.2, -0.15) is 0 Å². The quantitative estimate of drug-likeness (QED) is 0.929. The molecule has 0 aliphatic carbocycles. The zero-order chi connectivity index (χ0) is 13.2. The number of rotatable bonds is 3. The zero-order valence-electron chi connectivity index (χ0n) is 11.2. The third-order valence-corrected chi connectivity index (χ3v) is 4.43. The predicted molar refractivity (Wildman–Crippen MR) is 83.6 cm³/mol. The maximum absolute atomic E-state index is 11.9. The van der Waals surface area contributed by atoms with Gasteiger partial charge in [0.1, 0.15) is 0 Å². The van der Waals surface area contributed by atoms with Crippen LogP contribution in [0.4, 0.5) is 0 Å². The fourth-order valence-electron chi connectivity index (χ4n) is 2.69. The van der Waals surface area contributed by atoms with Crippen LogP contribution in [0, 0.1) is 5.92 Å². The highest BCUT2D eigenvalue weighted by Gasteiger charge is 2.19. The Morgan fingerprint density at radius 1 is 1.50 bits per heavy atom. The Bertz CT molecular complexity index is 626. The van der Waals surface area contributed by atoms with Crippen LogP contribution in [0.25, 0.3) is 4.96 Å². The number of hydrogen-bond donors (Lipinski definition) is 1. The summed E-state index contributed by atoms with van der Waals surface area (Å²) in [4.78, 5) is 19.6. The van der Waals surface area contributed by atoms with Crippen LogP contribution in [-0.2, 0) is 6.54 Å². The fraction of sp³-hybridized carbons (Fsp3) is 0.538. The van der Waals surface area contributed by atoms with E-state index in [-0.39, 0.29) is 18.0 Å². The summed E-state index contributed by atoms with van der Waals surface area (Å²) in [6.07, 6.45) is 4.17. The van der Waals surface area contributed by atoms with Gasteiger partial charge in [-0.1, -0.05) is 0 Å². The van der Waals surface area contributed by atoms with Crippen LogP contribution >= 0.6 is 23.7 Å². The van der Waals surface area contributed by atoms with Crippen molar-refractivity contribution in [1.82, 2.24) is 14.3 Å². The highest BCUT2D eigenvalue weighted by atomic mass is 35.5. The molecule has 1 atom stereocenters. The molecule has 2 aromatic rings. The van der Waals surface area contributed by atoms with Gasteiger partial charge in [-0.15, -0.1) is 23.7 Å². The van der Waals surface area contributed by atoms with Gasteiger partial charge in [0.05, 0.1) is 5.69 Å². The molecule has 0 radical (unpaired) electrons. The van der Waals surface area contributed by atoms with Gasteiger partial charge < -0.3 is 5.73 Å². The number of nitrogens with two attached hydrogens (primary N) is 1. The van der Waals surface area contributed by atoms with E-state index in [1.54, 1.807) is 16.7 Å². The van der Waals surface area contributed by atoms with E-state index in [0.717, 1.165) is 36.8 Å². The number of aromatic nitrogens is 2. The minimum atomic E-state index is 0. The van der Waals surface area contributed by atoms with E-state index in [4.69, 9.17) is 5.73 Å². The standard InChI is InChI=1S/C13H18N4OS.ClH/c14-7-10-2-1-3-16(8-10)9-11-6-12(18)17-4-5-19-13(17)15-11;/h4-6,10H,1-3,7-9,14H2;1H. The molecule has 110 valence electrons. The molecule has 2 aromatic heterocycles. The molecule has 1 fully saturated rings. The summed E-state index contributed by atoms with van der Waals surface area (Å²) in [6, 6.07) is 1.64. The van der Waals surface area contributed by atoms with Crippen molar-refractivity contribution in [2.75, 3.05) is 19.6 Å². The minimum Gasteiger partial charge on any atom is -0.330 e. The monoisotopic (exact) mass is 314 g/mol. The van der Waals surface area contributed by atoms with E-state index < -0.39 is 0 Å². The van der Waals surface area contributed by atoms with Crippen molar-refractivity contribution < 1.29 is 0 Å². The van der Waals surface area contributed by atoms with Crippen molar-refractivity contribution in [3.63, 3.8) is 0 Å². The molecule has 0 bridgehead atoms. The van der Waals surface area contributed by atoms with Gasteiger partial charge in [0.15, 0.2) is 4.96 Å². The van der Waals surface area contributed by atoms with Crippen molar-refractivity contribution in [3.8, 4) is 0 Å². The van der Waals surface area contributed by atoms with E-state index in [0.29, 0.717) is 5.92 Å². The predicted octanol–water partition coefficient (Wildman–Crippen LogP) is 1.35. The second-order valence-corrected chi connectivity index (χ2v) is 5.99. The SMILES string of the molecule is Cl.NCC1CCCN(Cc2cc(=O)n3ccsc3n2)C1. The Kier molecular flexibility index (Phi) is 5.15. The van der Waals surface area contributed by atoms with Crippen LogP contribution in [0.3, 0.4) is 0 Å². The van der Waals surface area contributed by atoms with Crippen molar-refractivity contribution in [1.29, 1.82) is 0 Å². The molecule has 1 unspecified atom stereocenters. The summed E-state index contributed by atoms with van der Waals surface area (Å²) in [7, 11) is 0. The van der Waals surface area contributed by atoms with Crippen molar-refractivity contribution in [3.05, 3.63) is 33.7 Å². The second-order valence-electron chi connectivity index (χ2n) is 5.12. The van der Waals surface area contributed by atoms with Crippen molar-refractivity contribution in [2.24, 2.45) is 11.7 Å². The molecule has 1 aliphatic heterocycles. The first-order valence-electron chi connectivity index (χ1n) is 6.64. The largest absolute Gasteiger partial charge is 0.330 e. The molecular formula is C13H19ClN4OS. The number of thiazole rings is 1. The van der Waals surface area contributed by atoms with E-state index in [9.17, 15) is 4.79 Å². The van der Waals surface area contributed by atoms with E-state index in [1.165, 1.54) is 24.2 Å². The molecule has 2 N–H and O–H groups in total. The molecule has 1 saturated heterocycles. The molecule has 0 saturated carbocycles. The van der Waals surface area contributed by atoms with Crippen LogP contribution in [0.2, 0.25) is 0 Å². The molecular weight excluding hydrogens is 296 g/mol. The Hall–Kier alpha value is -0.950. The molecule has 20 heavy (non-hydrogen) atoms. The normalized spacial score (nSPS) is 19.9. The minimum absolute atomic E-state index is 0. The number of likely N-dealkylation sites (tertiary alicyclic amines) is 1. The highest BCUT2D eigenvalue weighted by Crippen LogP contribution is 2.17. The lowest BCUT2D eigenvalue weighted by atomic mass is 9.98. The van der Waals surface area contributed by atoms with Crippen LogP contribution in [0.5, 0.6) is 0 Å². The first-order valence-corrected chi connectivity index (χ1v) is 7.52. The van der Waals surface area contributed by atoms with Gasteiger partial charge in [-0.25, -0.2) is 4.98 Å². The molecule has 7 heteroatoms. The Morgan fingerprint density at radius 3 is 3.15 bits per heavy atom.